The molecule has 2 aromatic carbocycles. The third-order valence-electron chi connectivity index (χ3n) is 7.42. The van der Waals surface area contributed by atoms with E-state index in [2.05, 4.69) is 71.4 Å². The van der Waals surface area contributed by atoms with Gasteiger partial charge in [-0.2, -0.15) is 0 Å². The lowest BCUT2D eigenvalue weighted by Crippen LogP contribution is -2.29. The number of hydrogen-bond donors (Lipinski definition) is 1. The average molecular weight is 536 g/mol. The van der Waals surface area contributed by atoms with Crippen molar-refractivity contribution < 1.29 is 9.26 Å². The van der Waals surface area contributed by atoms with E-state index < -0.39 is 0 Å². The minimum atomic E-state index is 0.690. The molecule has 0 unspecified atom stereocenters. The van der Waals surface area contributed by atoms with Crippen LogP contribution in [0.5, 0.6) is 5.75 Å². The number of methoxy groups -OCH3 is 1. The van der Waals surface area contributed by atoms with E-state index in [1.54, 1.807) is 7.11 Å². The first kappa shape index (κ1) is 25.8. The van der Waals surface area contributed by atoms with Crippen LogP contribution in [-0.2, 0) is 0 Å². The number of aromatic amines is 1. The van der Waals surface area contributed by atoms with Gasteiger partial charge in [-0.1, -0.05) is 23.4 Å². The van der Waals surface area contributed by atoms with Gasteiger partial charge in [0.2, 0.25) is 0 Å². The van der Waals surface area contributed by atoms with Gasteiger partial charge in [-0.05, 0) is 59.1 Å². The molecule has 0 amide bonds. The van der Waals surface area contributed by atoms with E-state index in [4.69, 9.17) is 24.2 Å². The highest BCUT2D eigenvalue weighted by atomic mass is 16.5. The van der Waals surface area contributed by atoms with Gasteiger partial charge in [-0.25, -0.2) is 15.0 Å². The zero-order valence-corrected chi connectivity index (χ0v) is 24.0. The first-order valence-electron chi connectivity index (χ1n) is 13.3. The van der Waals surface area contributed by atoms with Gasteiger partial charge in [0.15, 0.2) is 0 Å². The molecule has 4 heterocycles. The predicted molar refractivity (Wildman–Crippen MR) is 160 cm³/mol. The summed E-state index contributed by atoms with van der Waals surface area (Å²) in [6.45, 7) is 7.56. The number of H-pyrrole nitrogens is 1. The number of pyridine rings is 1. The fraction of sp³-hybridized carbons (Fsp3) is 0.290. The van der Waals surface area contributed by atoms with Crippen LogP contribution in [0, 0.1) is 20.8 Å². The second kappa shape index (κ2) is 9.91. The van der Waals surface area contributed by atoms with Crippen LogP contribution >= 0.6 is 0 Å². The molecule has 4 aromatic heterocycles. The number of benzene rings is 2. The van der Waals surface area contributed by atoms with Crippen molar-refractivity contribution in [3.05, 3.63) is 59.7 Å². The number of fused-ring (bicyclic) bond motifs is 4. The van der Waals surface area contributed by atoms with Crippen LogP contribution in [0.25, 0.3) is 55.2 Å². The van der Waals surface area contributed by atoms with Crippen molar-refractivity contribution in [1.82, 2.24) is 30.0 Å². The van der Waals surface area contributed by atoms with Crippen LogP contribution in [0.4, 0.5) is 5.82 Å². The van der Waals surface area contributed by atoms with Crippen molar-refractivity contribution in [2.75, 3.05) is 46.2 Å². The highest BCUT2D eigenvalue weighted by molar-refractivity contribution is 6.15. The summed E-state index contributed by atoms with van der Waals surface area (Å²) in [5.74, 6) is 3.07. The van der Waals surface area contributed by atoms with Crippen molar-refractivity contribution in [2.45, 2.75) is 20.8 Å². The molecule has 9 nitrogen and oxygen atoms in total. The molecule has 9 heteroatoms. The van der Waals surface area contributed by atoms with Gasteiger partial charge in [-0.3, -0.25) is 0 Å². The number of para-hydroxylation sites is 1. The van der Waals surface area contributed by atoms with Crippen LogP contribution in [0.2, 0.25) is 0 Å². The monoisotopic (exact) mass is 535 g/mol. The number of nitrogens with zero attached hydrogens (tertiary/aromatic N) is 6. The van der Waals surface area contributed by atoms with Crippen LogP contribution in [0.15, 0.2) is 47.0 Å². The predicted octanol–water partition coefficient (Wildman–Crippen LogP) is 5.91. The molecule has 0 spiro atoms. The Labute approximate surface area is 232 Å². The van der Waals surface area contributed by atoms with Crippen LogP contribution in [0.3, 0.4) is 0 Å². The lowest BCUT2D eigenvalue weighted by atomic mass is 9.98. The number of hydrogen-bond acceptors (Lipinski definition) is 8. The third-order valence-corrected chi connectivity index (χ3v) is 7.42. The molecule has 0 saturated carbocycles. The zero-order valence-electron chi connectivity index (χ0n) is 24.0. The Morgan fingerprint density at radius 1 is 0.900 bits per heavy atom. The molecule has 0 aliphatic heterocycles. The maximum absolute atomic E-state index is 5.90. The topological polar surface area (TPSA) is 96.2 Å². The number of rotatable bonds is 7. The van der Waals surface area contributed by atoms with Crippen LogP contribution in [0.1, 0.15) is 17.3 Å². The maximum atomic E-state index is 5.90. The summed E-state index contributed by atoms with van der Waals surface area (Å²) in [6, 6.07) is 14.5. The Morgan fingerprint density at radius 2 is 1.70 bits per heavy atom. The molecule has 0 saturated heterocycles. The number of nitrogens with one attached hydrogen (secondary N) is 1. The summed E-state index contributed by atoms with van der Waals surface area (Å²) in [7, 11) is 7.93. The summed E-state index contributed by atoms with van der Waals surface area (Å²) in [4.78, 5) is 22.7. The molecule has 40 heavy (non-hydrogen) atoms. The van der Waals surface area contributed by atoms with Crippen LogP contribution < -0.4 is 9.64 Å². The van der Waals surface area contributed by atoms with E-state index in [0.29, 0.717) is 5.82 Å². The Bertz CT molecular complexity index is 1870. The van der Waals surface area contributed by atoms with E-state index in [9.17, 15) is 0 Å². The van der Waals surface area contributed by atoms with Gasteiger partial charge in [0.05, 0.1) is 35.0 Å². The lowest BCUT2D eigenvalue weighted by molar-refractivity contribution is 0.393. The molecule has 6 aromatic rings. The Hall–Kier alpha value is -4.50. The Morgan fingerprint density at radius 3 is 2.42 bits per heavy atom. The number of ether oxygens (including phenoxy) is 1. The minimum absolute atomic E-state index is 0.690. The highest BCUT2D eigenvalue weighted by Gasteiger charge is 2.22. The fourth-order valence-corrected chi connectivity index (χ4v) is 5.38. The standard InChI is InChI=1S/C31H33N7O2/c1-17-28(18(2)40-36-17)23-14-25-22(15-26(23)39-7)29-30(32-19(3)33-31(29)35-25)21-16-27(38(6)13-12-37(4)5)34-24-11-9-8-10-20(21)24/h8-11,14-16H,12-13H2,1-7H3,(H,32,33,35). The van der Waals surface area contributed by atoms with Gasteiger partial charge in [-0.15, -0.1) is 0 Å². The summed E-state index contributed by atoms with van der Waals surface area (Å²) in [5, 5.41) is 7.13. The van der Waals surface area contributed by atoms with E-state index in [1.807, 2.05) is 32.9 Å². The number of aryl methyl sites for hydroxylation is 3. The second-order valence-electron chi connectivity index (χ2n) is 10.5. The lowest BCUT2D eigenvalue weighted by Gasteiger charge is -2.22. The summed E-state index contributed by atoms with van der Waals surface area (Å²) in [6.07, 6.45) is 0. The van der Waals surface area contributed by atoms with Crippen LogP contribution in [-0.4, -0.2) is 71.3 Å². The van der Waals surface area contributed by atoms with Gasteiger partial charge < -0.3 is 24.0 Å². The van der Waals surface area contributed by atoms with Gasteiger partial charge >= 0.3 is 0 Å². The molecule has 6 rings (SSSR count). The van der Waals surface area contributed by atoms with Gasteiger partial charge in [0.25, 0.3) is 0 Å². The fourth-order valence-electron chi connectivity index (χ4n) is 5.38. The molecule has 0 fully saturated rings. The second-order valence-corrected chi connectivity index (χ2v) is 10.5. The minimum Gasteiger partial charge on any atom is -0.496 e. The normalized spacial score (nSPS) is 11.8. The molecule has 0 atom stereocenters. The first-order valence-corrected chi connectivity index (χ1v) is 13.3. The Kier molecular flexibility index (Phi) is 6.38. The molecule has 204 valence electrons. The average Bonchev–Trinajstić information content (AvgIpc) is 3.47. The number of likely N-dealkylation sites (N-methyl/N-ethyl adjacent to an activating group) is 2. The smallest absolute Gasteiger partial charge is 0.142 e. The van der Waals surface area contributed by atoms with E-state index in [0.717, 1.165) is 91.3 Å². The van der Waals surface area contributed by atoms with E-state index in [1.165, 1.54) is 0 Å². The van der Waals surface area contributed by atoms with Crippen molar-refractivity contribution >= 4 is 38.7 Å². The molecule has 0 radical (unpaired) electrons. The van der Waals surface area contributed by atoms with E-state index in [-0.39, 0.29) is 0 Å². The molecule has 0 aliphatic carbocycles. The summed E-state index contributed by atoms with van der Waals surface area (Å²) in [5.41, 5.74) is 7.19. The largest absolute Gasteiger partial charge is 0.496 e. The highest BCUT2D eigenvalue weighted by Crippen LogP contribution is 2.42. The van der Waals surface area contributed by atoms with Gasteiger partial charge in [0.1, 0.15) is 28.8 Å². The SMILES string of the molecule is COc1cc2c(cc1-c1c(C)noc1C)[nH]c1nc(C)nc(-c3cc(N(C)CCN(C)C)nc4ccccc34)c12. The van der Waals surface area contributed by atoms with Gasteiger partial charge in [0, 0.05) is 47.6 Å². The van der Waals surface area contributed by atoms with Crippen molar-refractivity contribution in [3.8, 4) is 28.1 Å². The Balaban J connectivity index is 1.63. The molecule has 0 bridgehead atoms. The summed E-state index contributed by atoms with van der Waals surface area (Å²) < 4.78 is 11.4. The molecule has 0 aliphatic rings. The van der Waals surface area contributed by atoms with Crippen molar-refractivity contribution in [3.63, 3.8) is 0 Å². The maximum Gasteiger partial charge on any atom is 0.142 e. The zero-order chi connectivity index (χ0) is 28.1. The third kappa shape index (κ3) is 4.32. The quantitative estimate of drug-likeness (QED) is 0.269. The molecular formula is C31H33N7O2. The number of anilines is 1. The van der Waals surface area contributed by atoms with E-state index >= 15 is 0 Å². The number of aromatic nitrogens is 5. The van der Waals surface area contributed by atoms with Crippen molar-refractivity contribution in [2.24, 2.45) is 0 Å². The summed E-state index contributed by atoms with van der Waals surface area (Å²) >= 11 is 0. The molecular weight excluding hydrogens is 502 g/mol. The first-order chi connectivity index (χ1) is 19.2. The van der Waals surface area contributed by atoms with Crippen molar-refractivity contribution in [1.29, 1.82) is 0 Å². The molecule has 1 N–H and O–H groups in total.